The van der Waals surface area contributed by atoms with Crippen LogP contribution in [0.2, 0.25) is 0 Å². The fourth-order valence-electron chi connectivity index (χ4n) is 2.35. The molecule has 1 heterocycles. The Labute approximate surface area is 122 Å². The minimum atomic E-state index is -0.267. The highest BCUT2D eigenvalue weighted by Crippen LogP contribution is 2.24. The molecule has 3 rings (SSSR count). The summed E-state index contributed by atoms with van der Waals surface area (Å²) in [5.74, 6) is -0.267. The van der Waals surface area contributed by atoms with E-state index in [4.69, 9.17) is 5.73 Å². The van der Waals surface area contributed by atoms with Crippen LogP contribution >= 0.6 is 0 Å². The Balaban J connectivity index is 1.89. The number of nitrogens with two attached hydrogens (primary N) is 1. The zero-order valence-electron chi connectivity index (χ0n) is 11.8. The van der Waals surface area contributed by atoms with Crippen molar-refractivity contribution < 1.29 is 4.39 Å². The third-order valence-electron chi connectivity index (χ3n) is 3.33. The number of anilines is 1. The van der Waals surface area contributed by atoms with E-state index in [1.54, 1.807) is 18.3 Å². The predicted molar refractivity (Wildman–Crippen MR) is 82.3 cm³/mol. The van der Waals surface area contributed by atoms with Crippen LogP contribution in [0, 0.1) is 12.7 Å². The van der Waals surface area contributed by atoms with Gasteiger partial charge in [-0.1, -0.05) is 29.8 Å². The monoisotopic (exact) mass is 281 g/mol. The van der Waals surface area contributed by atoms with Gasteiger partial charge < -0.3 is 5.73 Å². The highest BCUT2D eigenvalue weighted by Gasteiger charge is 2.09. The van der Waals surface area contributed by atoms with Crippen LogP contribution in [-0.4, -0.2) is 9.78 Å². The van der Waals surface area contributed by atoms with Crippen LogP contribution in [0.5, 0.6) is 0 Å². The summed E-state index contributed by atoms with van der Waals surface area (Å²) in [5, 5.41) is 4.50. The summed E-state index contributed by atoms with van der Waals surface area (Å²) in [6, 6.07) is 14.5. The maximum Gasteiger partial charge on any atom is 0.123 e. The summed E-state index contributed by atoms with van der Waals surface area (Å²) in [4.78, 5) is 0. The Kier molecular flexibility index (Phi) is 3.44. The van der Waals surface area contributed by atoms with Crippen LogP contribution in [-0.2, 0) is 6.54 Å². The number of rotatable bonds is 3. The molecule has 0 atom stereocenters. The van der Waals surface area contributed by atoms with E-state index in [2.05, 4.69) is 30.2 Å². The van der Waals surface area contributed by atoms with Gasteiger partial charge in [-0.3, -0.25) is 4.68 Å². The van der Waals surface area contributed by atoms with Crippen molar-refractivity contribution in [2.75, 3.05) is 5.73 Å². The van der Waals surface area contributed by atoms with Gasteiger partial charge in [0.2, 0.25) is 0 Å². The van der Waals surface area contributed by atoms with Crippen molar-refractivity contribution in [3.05, 3.63) is 71.7 Å². The summed E-state index contributed by atoms with van der Waals surface area (Å²) in [7, 11) is 0. The molecule has 0 radical (unpaired) electrons. The Morgan fingerprint density at radius 2 is 1.90 bits per heavy atom. The van der Waals surface area contributed by atoms with Crippen LogP contribution in [0.1, 0.15) is 11.1 Å². The SMILES string of the molecule is Cc1cccc(Cn2cc(N)c(-c3ccc(F)cc3)n2)c1. The summed E-state index contributed by atoms with van der Waals surface area (Å²) in [6.45, 7) is 2.72. The number of hydrogen-bond acceptors (Lipinski definition) is 2. The third kappa shape index (κ3) is 2.94. The van der Waals surface area contributed by atoms with Crippen LogP contribution in [0.25, 0.3) is 11.3 Å². The van der Waals surface area contributed by atoms with Gasteiger partial charge in [-0.05, 0) is 36.8 Å². The molecule has 0 saturated heterocycles. The van der Waals surface area contributed by atoms with E-state index in [-0.39, 0.29) is 5.82 Å². The zero-order valence-corrected chi connectivity index (χ0v) is 11.8. The number of aryl methyl sites for hydroxylation is 1. The lowest BCUT2D eigenvalue weighted by Crippen LogP contribution is -2.00. The average molecular weight is 281 g/mol. The molecule has 3 aromatic rings. The van der Waals surface area contributed by atoms with Crippen LogP contribution < -0.4 is 5.73 Å². The minimum absolute atomic E-state index is 0.267. The van der Waals surface area contributed by atoms with E-state index in [1.807, 2.05) is 10.7 Å². The number of nitrogens with zero attached hydrogens (tertiary/aromatic N) is 2. The number of halogens is 1. The molecule has 0 saturated carbocycles. The van der Waals surface area contributed by atoms with Crippen molar-refractivity contribution in [1.82, 2.24) is 9.78 Å². The van der Waals surface area contributed by atoms with E-state index >= 15 is 0 Å². The topological polar surface area (TPSA) is 43.8 Å². The fraction of sp³-hybridized carbons (Fsp3) is 0.118. The van der Waals surface area contributed by atoms with E-state index < -0.39 is 0 Å². The largest absolute Gasteiger partial charge is 0.396 e. The molecule has 106 valence electrons. The lowest BCUT2D eigenvalue weighted by molar-refractivity contribution is 0.628. The lowest BCUT2D eigenvalue weighted by atomic mass is 10.1. The first-order valence-electron chi connectivity index (χ1n) is 6.76. The number of hydrogen-bond donors (Lipinski definition) is 1. The first kappa shape index (κ1) is 13.4. The normalized spacial score (nSPS) is 10.8. The standard InChI is InChI=1S/C17H16FN3/c1-12-3-2-4-13(9-12)10-21-11-16(19)17(20-21)14-5-7-15(18)8-6-14/h2-9,11H,10,19H2,1H3. The lowest BCUT2D eigenvalue weighted by Gasteiger charge is -2.03. The van der Waals surface area contributed by atoms with Crippen molar-refractivity contribution in [3.8, 4) is 11.3 Å². The van der Waals surface area contributed by atoms with Crippen molar-refractivity contribution >= 4 is 5.69 Å². The van der Waals surface area contributed by atoms with Crippen molar-refractivity contribution in [3.63, 3.8) is 0 Å². The molecule has 0 bridgehead atoms. The number of nitrogen functional groups attached to an aromatic ring is 1. The molecule has 0 aliphatic rings. The molecular weight excluding hydrogens is 265 g/mol. The van der Waals surface area contributed by atoms with Gasteiger partial charge in [0.05, 0.1) is 12.2 Å². The Bertz CT molecular complexity index is 760. The van der Waals surface area contributed by atoms with Crippen LogP contribution in [0.15, 0.2) is 54.7 Å². The molecule has 0 unspecified atom stereocenters. The van der Waals surface area contributed by atoms with Gasteiger partial charge in [-0.2, -0.15) is 5.10 Å². The smallest absolute Gasteiger partial charge is 0.123 e. The van der Waals surface area contributed by atoms with Gasteiger partial charge in [0.15, 0.2) is 0 Å². The highest BCUT2D eigenvalue weighted by molar-refractivity contribution is 5.71. The second-order valence-electron chi connectivity index (χ2n) is 5.13. The van der Waals surface area contributed by atoms with Crippen molar-refractivity contribution in [2.45, 2.75) is 13.5 Å². The van der Waals surface area contributed by atoms with Gasteiger partial charge in [-0.15, -0.1) is 0 Å². The van der Waals surface area contributed by atoms with Gasteiger partial charge >= 0.3 is 0 Å². The molecule has 0 aliphatic carbocycles. The summed E-state index contributed by atoms with van der Waals surface area (Å²) in [6.07, 6.45) is 1.81. The average Bonchev–Trinajstić information content (AvgIpc) is 2.80. The molecule has 0 spiro atoms. The second kappa shape index (κ2) is 5.40. The Morgan fingerprint density at radius 1 is 1.14 bits per heavy atom. The first-order chi connectivity index (χ1) is 10.1. The van der Waals surface area contributed by atoms with Gasteiger partial charge in [0, 0.05) is 11.8 Å². The van der Waals surface area contributed by atoms with Gasteiger partial charge in [0.25, 0.3) is 0 Å². The second-order valence-corrected chi connectivity index (χ2v) is 5.13. The van der Waals surface area contributed by atoms with E-state index in [1.165, 1.54) is 23.3 Å². The quantitative estimate of drug-likeness (QED) is 0.796. The third-order valence-corrected chi connectivity index (χ3v) is 3.33. The molecule has 0 aliphatic heterocycles. The molecule has 3 nitrogen and oxygen atoms in total. The van der Waals surface area contributed by atoms with Crippen LogP contribution in [0.3, 0.4) is 0 Å². The van der Waals surface area contributed by atoms with Crippen molar-refractivity contribution in [2.24, 2.45) is 0 Å². The summed E-state index contributed by atoms with van der Waals surface area (Å²) < 4.78 is 14.8. The highest BCUT2D eigenvalue weighted by atomic mass is 19.1. The molecule has 4 heteroatoms. The van der Waals surface area contributed by atoms with E-state index in [9.17, 15) is 4.39 Å². The first-order valence-corrected chi connectivity index (χ1v) is 6.76. The maximum absolute atomic E-state index is 13.0. The summed E-state index contributed by atoms with van der Waals surface area (Å²) in [5.41, 5.74) is 10.5. The number of aromatic nitrogens is 2. The zero-order chi connectivity index (χ0) is 14.8. The predicted octanol–water partition coefficient (Wildman–Crippen LogP) is 3.63. The van der Waals surface area contributed by atoms with Gasteiger partial charge in [-0.25, -0.2) is 4.39 Å². The molecular formula is C17H16FN3. The summed E-state index contributed by atoms with van der Waals surface area (Å²) >= 11 is 0. The Hall–Kier alpha value is -2.62. The molecule has 2 aromatic carbocycles. The maximum atomic E-state index is 13.0. The van der Waals surface area contributed by atoms with Gasteiger partial charge in [0.1, 0.15) is 11.5 Å². The molecule has 0 fully saturated rings. The molecule has 2 N–H and O–H groups in total. The van der Waals surface area contributed by atoms with Crippen LogP contribution in [0.4, 0.5) is 10.1 Å². The minimum Gasteiger partial charge on any atom is -0.396 e. The van der Waals surface area contributed by atoms with Crippen molar-refractivity contribution in [1.29, 1.82) is 0 Å². The molecule has 0 amide bonds. The van der Waals surface area contributed by atoms with E-state index in [0.717, 1.165) is 5.56 Å². The molecule has 1 aromatic heterocycles. The molecule has 21 heavy (non-hydrogen) atoms. The Morgan fingerprint density at radius 3 is 2.62 bits per heavy atom. The number of benzene rings is 2. The van der Waals surface area contributed by atoms with E-state index in [0.29, 0.717) is 17.9 Å². The fourth-order valence-corrected chi connectivity index (χ4v) is 2.35.